The third kappa shape index (κ3) is 12.0. The summed E-state index contributed by atoms with van der Waals surface area (Å²) in [5, 5.41) is 25.4. The van der Waals surface area contributed by atoms with E-state index in [1.165, 1.54) is 18.9 Å². The molecule has 21 nitrogen and oxygen atoms in total. The number of pyridine rings is 1. The fraction of sp³-hybridized carbons (Fsp3) is 0.745. The number of carbonyl (C=O) groups excluding carboxylic acids is 3. The summed E-state index contributed by atoms with van der Waals surface area (Å²) in [5.41, 5.74) is 4.44. The Morgan fingerprint density at radius 2 is 1.64 bits per heavy atom. The number of Topliss-reactive ketones (excluding diaryl/α,β-unsaturated/α-hetero) is 1. The molecular formula is C51H77IN8O13S. The van der Waals surface area contributed by atoms with Crippen molar-refractivity contribution >= 4 is 75.0 Å². The van der Waals surface area contributed by atoms with Gasteiger partial charge < -0.3 is 68.6 Å². The van der Waals surface area contributed by atoms with E-state index in [2.05, 4.69) is 20.3 Å². The zero-order valence-electron chi connectivity index (χ0n) is 44.8. The molecule has 3 aromatic heterocycles. The van der Waals surface area contributed by atoms with Crippen molar-refractivity contribution in [3.8, 4) is 0 Å². The summed E-state index contributed by atoms with van der Waals surface area (Å²) in [7, 11) is 6.83. The summed E-state index contributed by atoms with van der Waals surface area (Å²) >= 11 is 3.34. The van der Waals surface area contributed by atoms with Gasteiger partial charge in [-0.3, -0.25) is 19.4 Å². The number of anilines is 2. The van der Waals surface area contributed by atoms with Crippen molar-refractivity contribution in [2.45, 2.75) is 176 Å². The number of nitrogens with one attached hydrogen (secondary N) is 1. The van der Waals surface area contributed by atoms with Crippen LogP contribution in [0.5, 0.6) is 0 Å². The highest BCUT2D eigenvalue weighted by Gasteiger charge is 2.62. The molecule has 4 aliphatic rings. The highest BCUT2D eigenvalue weighted by atomic mass is 127. The Hall–Kier alpha value is -3.37. The molecule has 5 N–H and O–H groups in total. The molecule has 3 aromatic rings. The number of imidazole rings is 1. The Labute approximate surface area is 451 Å². The quantitative estimate of drug-likeness (QED) is 0.0962. The molecule has 0 bridgehead atoms. The van der Waals surface area contributed by atoms with Crippen molar-refractivity contribution in [3.05, 3.63) is 36.4 Å². The molecule has 7 rings (SSSR count). The largest absolute Gasteiger partial charge is 0.453 e. The summed E-state index contributed by atoms with van der Waals surface area (Å²) in [6.07, 6.45) is -1.41. The first-order valence-electron chi connectivity index (χ1n) is 25.4. The van der Waals surface area contributed by atoms with Gasteiger partial charge in [-0.15, -0.1) is 11.8 Å². The minimum absolute atomic E-state index is 0.108. The zero-order chi connectivity index (χ0) is 54.2. The number of aliphatic hydroxyl groups excluding tert-OH is 2. The Morgan fingerprint density at radius 1 is 0.946 bits per heavy atom. The van der Waals surface area contributed by atoms with E-state index in [1.54, 1.807) is 60.4 Å². The number of cyclic esters (lactones) is 1. The number of hydrogen-bond acceptors (Lipinski definition) is 21. The standard InChI is InChI=1S/C51H77IN8O13S/c1-25-21-50(8,67-13)41(71-46-37(62)32(59(10)11)20-26(2)68-46)28(4)38(70-33-22-49(7,66-12)40(63)30(6)69-33)29(5)44(64)72-47(52)51(9)34(27(3)36(25)61)39(45(65)73-51)74-19-18-60-24-56-35-42(53)57-48(58-43(35)60)55-23-31-14-16-54-17-15-31/h14-17,24-30,32-34,37-41,46-47,62-63H,18-23H2,1-13H3,(H3,53,55,57,58)/t25-,26-,27-,28+,29-,30+,32+,33+,34+,37-,38+,39+,40+,41-,46+,47+,49-,50-,51+/m1/s1. The molecule has 4 aliphatic heterocycles. The first-order chi connectivity index (χ1) is 34.9. The van der Waals surface area contributed by atoms with Gasteiger partial charge in [-0.1, -0.05) is 20.8 Å². The lowest BCUT2D eigenvalue weighted by Gasteiger charge is -2.49. The normalized spacial score (nSPS) is 39.6. The van der Waals surface area contributed by atoms with Crippen molar-refractivity contribution in [2.75, 3.05) is 45.1 Å². The fourth-order valence-electron chi connectivity index (χ4n) is 11.5. The van der Waals surface area contributed by atoms with Crippen molar-refractivity contribution in [1.29, 1.82) is 0 Å². The fourth-order valence-corrected chi connectivity index (χ4v) is 13.7. The van der Waals surface area contributed by atoms with Gasteiger partial charge in [0.25, 0.3) is 0 Å². The number of thioether (sulfide) groups is 1. The van der Waals surface area contributed by atoms with Crippen molar-refractivity contribution in [2.24, 2.45) is 29.6 Å². The minimum Gasteiger partial charge on any atom is -0.453 e. The van der Waals surface area contributed by atoms with E-state index in [9.17, 15) is 19.8 Å². The number of ether oxygens (including phenoxy) is 8. The second-order valence-corrected chi connectivity index (χ2v) is 23.9. The number of fused-ring (bicyclic) bond motifs is 2. The summed E-state index contributed by atoms with van der Waals surface area (Å²) in [6.45, 7) is 17.0. The summed E-state index contributed by atoms with van der Waals surface area (Å²) < 4.78 is 52.3. The number of carbonyl (C=O) groups is 3. The second kappa shape index (κ2) is 23.7. The number of nitrogen functional groups attached to an aromatic ring is 1. The Morgan fingerprint density at radius 3 is 2.30 bits per heavy atom. The molecule has 0 radical (unpaired) electrons. The highest BCUT2D eigenvalue weighted by Crippen LogP contribution is 2.50. The number of nitrogens with two attached hydrogens (primary N) is 1. The van der Waals surface area contributed by atoms with E-state index in [0.29, 0.717) is 42.4 Å². The molecule has 19 atom stereocenters. The maximum atomic E-state index is 15.2. The van der Waals surface area contributed by atoms with Gasteiger partial charge in [0.1, 0.15) is 28.8 Å². The second-order valence-electron chi connectivity index (χ2n) is 21.6. The van der Waals surface area contributed by atoms with Gasteiger partial charge in [0.15, 0.2) is 33.8 Å². The van der Waals surface area contributed by atoms with Gasteiger partial charge >= 0.3 is 11.9 Å². The lowest BCUT2D eigenvalue weighted by atomic mass is 9.72. The van der Waals surface area contributed by atoms with Crippen molar-refractivity contribution in [1.82, 2.24) is 29.4 Å². The predicted octanol–water partition coefficient (Wildman–Crippen LogP) is 4.77. The number of alkyl halides is 1. The first kappa shape index (κ1) is 58.3. The topological polar surface area (TPSA) is 263 Å². The minimum atomic E-state index is -1.47. The maximum absolute atomic E-state index is 15.2. The molecule has 4 saturated heterocycles. The van der Waals surface area contributed by atoms with Crippen molar-refractivity contribution < 1.29 is 62.5 Å². The molecule has 0 spiro atoms. The molecule has 23 heteroatoms. The third-order valence-corrected chi connectivity index (χ3v) is 18.7. The SMILES string of the molecule is CO[C@]1(C)C[C@@H](C)C(=O)[C@H](C)[C@H]2[C@H](SCCn3cnc4c(N)nc(NCc5ccncc5)nc43)C(=O)O[C@]2(C)[C@@H](I)OC(=O)[C@H](C)[C@@H](O[C@H]2C[C@@](C)(OC)[C@@H](O)[C@H](C)O2)[C@H](C)[C@H]1O[C@@H]1O[C@H](C)C[C@H](N(C)C)[C@H]1O. The third-order valence-electron chi connectivity index (χ3n) is 16.0. The van der Waals surface area contributed by atoms with E-state index in [-0.39, 0.29) is 36.6 Å². The molecule has 74 heavy (non-hydrogen) atoms. The number of ketones is 1. The molecule has 0 saturated carbocycles. The molecule has 0 aliphatic carbocycles. The highest BCUT2D eigenvalue weighted by molar-refractivity contribution is 14.1. The van der Waals surface area contributed by atoms with Crippen LogP contribution in [-0.4, -0.2) is 173 Å². The summed E-state index contributed by atoms with van der Waals surface area (Å²) in [5.74, 6) is -4.50. The molecule has 7 heterocycles. The number of rotatable bonds is 14. The average molecular weight is 1170 g/mol. The van der Waals surface area contributed by atoms with Crippen LogP contribution in [0.3, 0.4) is 0 Å². The number of nitrogens with zero attached hydrogens (tertiary/aromatic N) is 6. The van der Waals surface area contributed by atoms with E-state index >= 15 is 4.79 Å². The zero-order valence-corrected chi connectivity index (χ0v) is 47.8. The monoisotopic (exact) mass is 1170 g/mol. The summed E-state index contributed by atoms with van der Waals surface area (Å²) in [6, 6.07) is 3.45. The van der Waals surface area contributed by atoms with Crippen molar-refractivity contribution in [3.63, 3.8) is 0 Å². The van der Waals surface area contributed by atoms with Gasteiger partial charge in [-0.2, -0.15) is 9.97 Å². The Bertz CT molecular complexity index is 2430. The number of methoxy groups -OCH3 is 2. The molecular weight excluding hydrogens is 1090 g/mol. The number of aromatic nitrogens is 5. The van der Waals surface area contributed by atoms with Crippen LogP contribution in [0.2, 0.25) is 0 Å². The van der Waals surface area contributed by atoms with E-state index in [1.807, 2.05) is 86.0 Å². The van der Waals surface area contributed by atoms with Crippen LogP contribution in [-0.2, 0) is 65.4 Å². The van der Waals surface area contributed by atoms with Crippen LogP contribution < -0.4 is 11.1 Å². The molecule has 412 valence electrons. The number of halogens is 1. The van der Waals surface area contributed by atoms with Gasteiger partial charge in [-0.25, -0.2) is 4.98 Å². The average Bonchev–Trinajstić information content (AvgIpc) is 3.89. The van der Waals surface area contributed by atoms with Crippen LogP contribution in [0.1, 0.15) is 87.1 Å². The molecule has 4 fully saturated rings. The van der Waals surface area contributed by atoms with Gasteiger partial charge in [0, 0.05) is 81.6 Å². The predicted molar refractivity (Wildman–Crippen MR) is 284 cm³/mol. The van der Waals surface area contributed by atoms with Gasteiger partial charge in [0.05, 0.1) is 47.9 Å². The van der Waals surface area contributed by atoms with Crippen LogP contribution in [0.15, 0.2) is 30.9 Å². The Balaban J connectivity index is 1.22. The smallest absolute Gasteiger partial charge is 0.320 e. The number of hydrogen-bond donors (Lipinski definition) is 4. The number of aryl methyl sites for hydroxylation is 1. The lowest BCUT2D eigenvalue weighted by Crippen LogP contribution is -2.61. The maximum Gasteiger partial charge on any atom is 0.320 e. The Kier molecular flexibility index (Phi) is 18.7. The van der Waals surface area contributed by atoms with E-state index < -0.39 is 111 Å². The van der Waals surface area contributed by atoms with E-state index in [0.717, 1.165) is 5.56 Å². The van der Waals surface area contributed by atoms with E-state index in [4.69, 9.17) is 48.6 Å². The van der Waals surface area contributed by atoms with Gasteiger partial charge in [-0.05, 0) is 109 Å². The summed E-state index contributed by atoms with van der Waals surface area (Å²) in [4.78, 5) is 64.0. The molecule has 0 amide bonds. The van der Waals surface area contributed by atoms with Crippen LogP contribution in [0.4, 0.5) is 11.8 Å². The van der Waals surface area contributed by atoms with Gasteiger partial charge in [0.2, 0.25) is 5.95 Å². The molecule has 0 aromatic carbocycles. The van der Waals surface area contributed by atoms with Crippen LogP contribution in [0.25, 0.3) is 11.2 Å². The van der Waals surface area contributed by atoms with Crippen LogP contribution in [0, 0.1) is 29.6 Å². The number of likely N-dealkylation sites (N-methyl/N-ethyl adjacent to an activating group) is 1. The first-order valence-corrected chi connectivity index (χ1v) is 27.7. The number of esters is 2. The molecule has 0 unspecified atom stereocenters. The lowest BCUT2D eigenvalue weighted by molar-refractivity contribution is -0.319. The number of aliphatic hydroxyl groups is 2. The van der Waals surface area contributed by atoms with Crippen LogP contribution >= 0.6 is 34.4 Å².